The molecule has 2 aromatic heterocycles. The first-order valence-electron chi connectivity index (χ1n) is 5.40. The maximum absolute atomic E-state index is 5.27. The lowest BCUT2D eigenvalue weighted by Crippen LogP contribution is -2.06. The van der Waals surface area contributed by atoms with Crippen molar-refractivity contribution in [1.82, 2.24) is 19.7 Å². The Morgan fingerprint density at radius 3 is 3.00 bits per heavy atom. The van der Waals surface area contributed by atoms with Gasteiger partial charge in [0, 0.05) is 13.3 Å². The molecule has 18 heavy (non-hydrogen) atoms. The molecule has 0 spiro atoms. The number of pyridine rings is 1. The molecule has 0 saturated carbocycles. The monoisotopic (exact) mass is 266 g/mol. The number of aromatic amines is 1. The Balaban J connectivity index is 2.47. The van der Waals surface area contributed by atoms with Crippen LogP contribution >= 0.6 is 12.2 Å². The molecular formula is C11H14N4O2S. The lowest BCUT2D eigenvalue weighted by molar-refractivity contribution is 0.187. The summed E-state index contributed by atoms with van der Waals surface area (Å²) in [4.78, 5) is 4.02. The van der Waals surface area contributed by atoms with Crippen LogP contribution in [0.2, 0.25) is 0 Å². The number of hydrogen-bond acceptors (Lipinski definition) is 5. The van der Waals surface area contributed by atoms with Gasteiger partial charge in [0.15, 0.2) is 10.6 Å². The van der Waals surface area contributed by atoms with Crippen molar-refractivity contribution in [3.05, 3.63) is 23.2 Å². The Bertz CT molecular complexity index is 578. The van der Waals surface area contributed by atoms with E-state index in [4.69, 9.17) is 21.7 Å². The molecule has 1 N–H and O–H groups in total. The summed E-state index contributed by atoms with van der Waals surface area (Å²) in [5, 5.41) is 7.01. The maximum Gasteiger partial charge on any atom is 0.195 e. The quantitative estimate of drug-likeness (QED) is 0.834. The molecule has 7 heteroatoms. The van der Waals surface area contributed by atoms with Gasteiger partial charge in [-0.05, 0) is 18.3 Å². The zero-order valence-corrected chi connectivity index (χ0v) is 11.0. The highest BCUT2D eigenvalue weighted by molar-refractivity contribution is 7.71. The van der Waals surface area contributed by atoms with Gasteiger partial charge >= 0.3 is 0 Å². The zero-order valence-electron chi connectivity index (χ0n) is 10.2. The zero-order chi connectivity index (χ0) is 13.0. The van der Waals surface area contributed by atoms with E-state index in [0.29, 0.717) is 23.7 Å². The summed E-state index contributed by atoms with van der Waals surface area (Å²) in [6.45, 7) is 1.20. The Hall–Kier alpha value is -1.73. The number of nitrogens with one attached hydrogen (secondary N) is 1. The summed E-state index contributed by atoms with van der Waals surface area (Å²) in [5.74, 6) is 1.38. The van der Waals surface area contributed by atoms with Crippen LogP contribution in [-0.2, 0) is 11.3 Å². The van der Waals surface area contributed by atoms with Crippen LogP contribution in [0.5, 0.6) is 5.75 Å². The SMILES string of the molecule is COCCn1c(-c2ccncc2OC)n[nH]c1=S. The molecule has 2 rings (SSSR count). The van der Waals surface area contributed by atoms with E-state index in [2.05, 4.69) is 15.2 Å². The average molecular weight is 266 g/mol. The second-order valence-electron chi connectivity index (χ2n) is 3.57. The summed E-state index contributed by atoms with van der Waals surface area (Å²) in [6, 6.07) is 1.84. The number of H-pyrrole nitrogens is 1. The summed E-state index contributed by atoms with van der Waals surface area (Å²) in [6.07, 6.45) is 3.34. The van der Waals surface area contributed by atoms with E-state index in [1.54, 1.807) is 26.6 Å². The third-order valence-electron chi connectivity index (χ3n) is 2.52. The van der Waals surface area contributed by atoms with E-state index in [0.717, 1.165) is 11.4 Å². The number of ether oxygens (including phenoxy) is 2. The molecule has 0 saturated heterocycles. The lowest BCUT2D eigenvalue weighted by Gasteiger charge is -2.09. The van der Waals surface area contributed by atoms with E-state index in [1.165, 1.54) is 0 Å². The molecule has 96 valence electrons. The first-order chi connectivity index (χ1) is 8.77. The topological polar surface area (TPSA) is 65.0 Å². The van der Waals surface area contributed by atoms with Crippen molar-refractivity contribution in [3.63, 3.8) is 0 Å². The summed E-state index contributed by atoms with van der Waals surface area (Å²) in [5.41, 5.74) is 0.843. The summed E-state index contributed by atoms with van der Waals surface area (Å²) in [7, 11) is 3.25. The fourth-order valence-corrected chi connectivity index (χ4v) is 1.86. The molecule has 0 radical (unpaired) electrons. The van der Waals surface area contributed by atoms with Gasteiger partial charge in [-0.2, -0.15) is 5.10 Å². The van der Waals surface area contributed by atoms with Gasteiger partial charge in [0.25, 0.3) is 0 Å². The second-order valence-corrected chi connectivity index (χ2v) is 3.96. The minimum atomic E-state index is 0.556. The van der Waals surface area contributed by atoms with Crippen molar-refractivity contribution in [2.45, 2.75) is 6.54 Å². The van der Waals surface area contributed by atoms with E-state index in [9.17, 15) is 0 Å². The molecule has 0 bridgehead atoms. The van der Waals surface area contributed by atoms with Crippen LogP contribution in [0.25, 0.3) is 11.4 Å². The van der Waals surface area contributed by atoms with E-state index >= 15 is 0 Å². The van der Waals surface area contributed by atoms with Crippen molar-refractivity contribution in [2.75, 3.05) is 20.8 Å². The summed E-state index contributed by atoms with van der Waals surface area (Å²) < 4.78 is 12.8. The maximum atomic E-state index is 5.27. The van der Waals surface area contributed by atoms with Gasteiger partial charge in [-0.25, -0.2) is 0 Å². The standard InChI is InChI=1S/C11H14N4O2S/c1-16-6-5-15-10(13-14-11(15)18)8-3-4-12-7-9(8)17-2/h3-4,7H,5-6H2,1-2H3,(H,14,18). The van der Waals surface area contributed by atoms with Crippen LogP contribution in [0.3, 0.4) is 0 Å². The molecule has 0 atom stereocenters. The van der Waals surface area contributed by atoms with Crippen LogP contribution in [0.15, 0.2) is 18.5 Å². The lowest BCUT2D eigenvalue weighted by atomic mass is 10.2. The summed E-state index contributed by atoms with van der Waals surface area (Å²) >= 11 is 5.20. The molecule has 0 aromatic carbocycles. The second kappa shape index (κ2) is 5.74. The predicted octanol–water partition coefficient (Wildman–Crippen LogP) is 1.66. The highest BCUT2D eigenvalue weighted by Crippen LogP contribution is 2.26. The van der Waals surface area contributed by atoms with Crippen LogP contribution in [0.1, 0.15) is 0 Å². The van der Waals surface area contributed by atoms with Gasteiger partial charge in [-0.3, -0.25) is 14.6 Å². The molecule has 2 heterocycles. The largest absolute Gasteiger partial charge is 0.494 e. The Labute approximate surface area is 110 Å². The van der Waals surface area contributed by atoms with Crippen LogP contribution in [0.4, 0.5) is 0 Å². The van der Waals surface area contributed by atoms with E-state index in [-0.39, 0.29) is 0 Å². The third-order valence-corrected chi connectivity index (χ3v) is 2.83. The predicted molar refractivity (Wildman–Crippen MR) is 69.1 cm³/mol. The highest BCUT2D eigenvalue weighted by atomic mass is 32.1. The Morgan fingerprint density at radius 2 is 2.28 bits per heavy atom. The average Bonchev–Trinajstić information content (AvgIpc) is 2.77. The van der Waals surface area contributed by atoms with Crippen LogP contribution in [-0.4, -0.2) is 40.6 Å². The molecule has 6 nitrogen and oxygen atoms in total. The van der Waals surface area contributed by atoms with Crippen molar-refractivity contribution >= 4 is 12.2 Å². The van der Waals surface area contributed by atoms with Crippen molar-refractivity contribution in [3.8, 4) is 17.1 Å². The molecule has 0 aliphatic rings. The van der Waals surface area contributed by atoms with Crippen LogP contribution in [0, 0.1) is 4.77 Å². The molecule has 0 unspecified atom stereocenters. The number of methoxy groups -OCH3 is 2. The normalized spacial score (nSPS) is 10.6. The van der Waals surface area contributed by atoms with Gasteiger partial charge in [-0.1, -0.05) is 0 Å². The Kier molecular flexibility index (Phi) is 4.06. The van der Waals surface area contributed by atoms with E-state index < -0.39 is 0 Å². The van der Waals surface area contributed by atoms with Crippen molar-refractivity contribution in [1.29, 1.82) is 0 Å². The molecular weight excluding hydrogens is 252 g/mol. The third kappa shape index (κ3) is 2.41. The van der Waals surface area contributed by atoms with Gasteiger partial charge in [0.2, 0.25) is 0 Å². The number of rotatable bonds is 5. The number of nitrogens with zero attached hydrogens (tertiary/aromatic N) is 3. The molecule has 0 aliphatic heterocycles. The Morgan fingerprint density at radius 1 is 1.44 bits per heavy atom. The van der Waals surface area contributed by atoms with Crippen molar-refractivity contribution < 1.29 is 9.47 Å². The smallest absolute Gasteiger partial charge is 0.195 e. The first-order valence-corrected chi connectivity index (χ1v) is 5.81. The molecule has 2 aromatic rings. The molecule has 0 amide bonds. The van der Waals surface area contributed by atoms with Gasteiger partial charge in [0.1, 0.15) is 5.75 Å². The molecule has 0 aliphatic carbocycles. The van der Waals surface area contributed by atoms with Crippen molar-refractivity contribution in [2.24, 2.45) is 0 Å². The highest BCUT2D eigenvalue weighted by Gasteiger charge is 2.13. The number of hydrogen-bond donors (Lipinski definition) is 1. The minimum Gasteiger partial charge on any atom is -0.494 e. The van der Waals surface area contributed by atoms with Gasteiger partial charge < -0.3 is 9.47 Å². The molecule has 0 fully saturated rings. The van der Waals surface area contributed by atoms with Gasteiger partial charge in [-0.15, -0.1) is 0 Å². The van der Waals surface area contributed by atoms with Crippen LogP contribution < -0.4 is 4.74 Å². The minimum absolute atomic E-state index is 0.556. The fourth-order valence-electron chi connectivity index (χ4n) is 1.64. The van der Waals surface area contributed by atoms with Gasteiger partial charge in [0.05, 0.1) is 32.0 Å². The van der Waals surface area contributed by atoms with E-state index in [1.807, 2.05) is 10.6 Å². The number of aromatic nitrogens is 4. The first kappa shape index (κ1) is 12.7. The fraction of sp³-hybridized carbons (Fsp3) is 0.364.